The van der Waals surface area contributed by atoms with E-state index in [1.165, 1.54) is 24.3 Å². The first kappa shape index (κ1) is 25.9. The van der Waals surface area contributed by atoms with Crippen molar-refractivity contribution in [3.8, 4) is 11.5 Å². The minimum absolute atomic E-state index is 0. The molecule has 0 radical (unpaired) electrons. The minimum atomic E-state index is 0. The molecule has 29 heavy (non-hydrogen) atoms. The van der Waals surface area contributed by atoms with E-state index in [0.29, 0.717) is 0 Å². The van der Waals surface area contributed by atoms with Gasteiger partial charge in [0.25, 0.3) is 0 Å². The number of hydrogen-bond acceptors (Lipinski definition) is 2. The molecule has 4 rings (SSSR count). The summed E-state index contributed by atoms with van der Waals surface area (Å²) in [6, 6.07) is 36.4. The van der Waals surface area contributed by atoms with Crippen LogP contribution in [0.15, 0.2) is 121 Å². The van der Waals surface area contributed by atoms with E-state index in [1.807, 2.05) is 72.8 Å². The van der Waals surface area contributed by atoms with Crippen molar-refractivity contribution in [2.24, 2.45) is 0 Å². The van der Waals surface area contributed by atoms with Gasteiger partial charge in [-0.15, -0.1) is 35.8 Å². The number of rotatable bonds is 0. The molecule has 4 aromatic rings. The maximum Gasteiger partial charge on any atom is 4.00 e. The van der Waals surface area contributed by atoms with Crippen LogP contribution >= 0.6 is 0 Å². The summed E-state index contributed by atoms with van der Waals surface area (Å²) in [6.07, 6.45) is 0. The summed E-state index contributed by atoms with van der Waals surface area (Å²) in [7, 11) is 0. The van der Waals surface area contributed by atoms with Crippen LogP contribution in [0, 0.1) is 13.8 Å². The molecular weight excluding hydrogens is 392 g/mol. The molecule has 0 atom stereocenters. The molecule has 0 bridgehead atoms. The summed E-state index contributed by atoms with van der Waals surface area (Å²) in [4.78, 5) is 0. The fourth-order valence-corrected chi connectivity index (χ4v) is 1.80. The van der Waals surface area contributed by atoms with Gasteiger partial charge < -0.3 is 10.2 Å². The minimum Gasteiger partial charge on any atom is -0.872 e. The molecule has 0 fully saturated rings. The summed E-state index contributed by atoms with van der Waals surface area (Å²) in [5.74, 6) is 0.144. The Labute approximate surface area is 189 Å². The van der Waals surface area contributed by atoms with Crippen molar-refractivity contribution in [3.63, 3.8) is 0 Å². The van der Waals surface area contributed by atoms with Crippen molar-refractivity contribution in [2.75, 3.05) is 0 Å². The first-order valence-electron chi connectivity index (χ1n) is 8.76. The van der Waals surface area contributed by atoms with Gasteiger partial charge in [0.2, 0.25) is 0 Å². The van der Waals surface area contributed by atoms with Gasteiger partial charge >= 0.3 is 21.7 Å². The molecular formula is C26H24O2Ti. The van der Waals surface area contributed by atoms with Gasteiger partial charge in [-0.3, -0.25) is 0 Å². The second-order valence-corrected chi connectivity index (χ2v) is 5.60. The van der Waals surface area contributed by atoms with Gasteiger partial charge in [-0.25, -0.2) is 0 Å². The second kappa shape index (κ2) is 17.1. The van der Waals surface area contributed by atoms with Crippen molar-refractivity contribution in [2.45, 2.75) is 0 Å². The molecule has 0 aliphatic heterocycles. The Morgan fingerprint density at radius 1 is 0.379 bits per heavy atom. The van der Waals surface area contributed by atoms with Gasteiger partial charge in [0, 0.05) is 0 Å². The van der Waals surface area contributed by atoms with E-state index in [2.05, 4.69) is 13.8 Å². The first-order valence-corrected chi connectivity index (χ1v) is 8.76. The third-order valence-electron chi connectivity index (χ3n) is 3.17. The summed E-state index contributed by atoms with van der Waals surface area (Å²) in [5.41, 5.74) is 2.14. The topological polar surface area (TPSA) is 46.1 Å². The maximum atomic E-state index is 10.3. The Morgan fingerprint density at radius 2 is 0.586 bits per heavy atom. The molecule has 0 saturated heterocycles. The zero-order chi connectivity index (χ0) is 20.5. The van der Waals surface area contributed by atoms with Crippen molar-refractivity contribution >= 4 is 0 Å². The predicted molar refractivity (Wildman–Crippen MR) is 114 cm³/mol. The van der Waals surface area contributed by atoms with Crippen molar-refractivity contribution in [1.82, 2.24) is 0 Å². The first-order chi connectivity index (χ1) is 13.6. The standard InChI is InChI=1S/2C7H7.2C6H6O.Ti/c2*1-7-5-3-2-4-6-7;2*7-6-4-2-1-3-5-6;/h2*2-6H,1H2;2*1-5,7H;/q2*-1;;;+4/p-2. The Hall–Kier alpha value is -3.07. The Bertz CT molecular complexity index is 687. The van der Waals surface area contributed by atoms with Gasteiger partial charge in [-0.2, -0.15) is 49.2 Å². The molecule has 0 N–H and O–H groups in total. The third kappa shape index (κ3) is 15.7. The number of hydrogen-bond donors (Lipinski definition) is 0. The molecule has 0 spiro atoms. The smallest absolute Gasteiger partial charge is 0.872 e. The van der Waals surface area contributed by atoms with Crippen LogP contribution in [-0.2, 0) is 21.7 Å². The largest absolute Gasteiger partial charge is 4.00 e. The Kier molecular flexibility index (Phi) is 15.3. The molecule has 0 heterocycles. The number of para-hydroxylation sites is 2. The van der Waals surface area contributed by atoms with Crippen LogP contribution in [0.2, 0.25) is 0 Å². The quantitative estimate of drug-likeness (QED) is 0.290. The van der Waals surface area contributed by atoms with Gasteiger partial charge in [0.1, 0.15) is 0 Å². The fourth-order valence-electron chi connectivity index (χ4n) is 1.80. The molecule has 3 heteroatoms. The van der Waals surface area contributed by atoms with Crippen molar-refractivity contribution in [3.05, 3.63) is 146 Å². The molecule has 0 aromatic heterocycles. The van der Waals surface area contributed by atoms with Crippen LogP contribution in [0.3, 0.4) is 0 Å². The van der Waals surface area contributed by atoms with E-state index < -0.39 is 0 Å². The van der Waals surface area contributed by atoms with Gasteiger partial charge in [-0.05, 0) is 0 Å². The zero-order valence-electron chi connectivity index (χ0n) is 16.3. The van der Waals surface area contributed by atoms with Crippen molar-refractivity contribution in [1.29, 1.82) is 0 Å². The van der Waals surface area contributed by atoms with E-state index >= 15 is 0 Å². The fraction of sp³-hybridized carbons (Fsp3) is 0. The summed E-state index contributed by atoms with van der Waals surface area (Å²) in [5, 5.41) is 20.5. The van der Waals surface area contributed by atoms with Gasteiger partial charge in [-0.1, -0.05) is 72.8 Å². The van der Waals surface area contributed by atoms with E-state index in [1.54, 1.807) is 24.3 Å². The monoisotopic (exact) mass is 416 g/mol. The molecule has 4 aromatic carbocycles. The molecule has 0 saturated carbocycles. The summed E-state index contributed by atoms with van der Waals surface area (Å²) < 4.78 is 0. The zero-order valence-corrected chi connectivity index (χ0v) is 17.8. The molecule has 144 valence electrons. The second-order valence-electron chi connectivity index (χ2n) is 5.60. The Balaban J connectivity index is 0.000000356. The van der Waals surface area contributed by atoms with E-state index in [4.69, 9.17) is 0 Å². The van der Waals surface area contributed by atoms with Crippen LogP contribution in [0.25, 0.3) is 0 Å². The van der Waals surface area contributed by atoms with E-state index in [-0.39, 0.29) is 33.2 Å². The molecule has 0 unspecified atom stereocenters. The Morgan fingerprint density at radius 3 is 0.690 bits per heavy atom. The average molecular weight is 416 g/mol. The van der Waals surface area contributed by atoms with Crippen LogP contribution in [0.5, 0.6) is 11.5 Å². The van der Waals surface area contributed by atoms with Crippen LogP contribution in [0.4, 0.5) is 0 Å². The van der Waals surface area contributed by atoms with E-state index in [0.717, 1.165) is 11.1 Å². The molecule has 0 aliphatic carbocycles. The molecule has 0 amide bonds. The van der Waals surface area contributed by atoms with Crippen LogP contribution in [-0.4, -0.2) is 0 Å². The normalized spacial score (nSPS) is 8.28. The van der Waals surface area contributed by atoms with E-state index in [9.17, 15) is 10.2 Å². The van der Waals surface area contributed by atoms with Crippen molar-refractivity contribution < 1.29 is 31.9 Å². The summed E-state index contributed by atoms with van der Waals surface area (Å²) >= 11 is 0. The molecule has 0 aliphatic rings. The molecule has 2 nitrogen and oxygen atoms in total. The van der Waals surface area contributed by atoms with Crippen LogP contribution < -0.4 is 10.2 Å². The van der Waals surface area contributed by atoms with Gasteiger partial charge in [0.05, 0.1) is 0 Å². The van der Waals surface area contributed by atoms with Gasteiger partial charge in [0.15, 0.2) is 0 Å². The van der Waals surface area contributed by atoms with Crippen LogP contribution in [0.1, 0.15) is 11.1 Å². The predicted octanol–water partition coefficient (Wildman–Crippen LogP) is 5.26. The summed E-state index contributed by atoms with van der Waals surface area (Å²) in [6.45, 7) is 7.44. The average Bonchev–Trinajstić information content (AvgIpc) is 2.72. The maximum absolute atomic E-state index is 10.3. The number of benzene rings is 4. The third-order valence-corrected chi connectivity index (χ3v) is 3.17. The SMILES string of the molecule is [CH2-]c1ccccc1.[CH2-]c1ccccc1.[O-]c1ccccc1.[O-]c1ccccc1.[Ti+4].